The molecule has 0 saturated carbocycles. The van der Waals surface area contributed by atoms with E-state index in [9.17, 15) is 14.3 Å². The second-order valence-electron chi connectivity index (χ2n) is 7.69. The van der Waals surface area contributed by atoms with Crippen LogP contribution in [0.15, 0.2) is 59.8 Å². The Morgan fingerprint density at radius 2 is 1.94 bits per heavy atom. The number of aromatic amines is 1. The maximum Gasteiger partial charge on any atom is 0.328 e. The fraction of sp³-hybridized carbons (Fsp3) is 0.182. The first kappa shape index (κ1) is 18.0. The van der Waals surface area contributed by atoms with E-state index in [1.165, 1.54) is 18.5 Å². The SMILES string of the molecule is O=c1[nH]c2cnc(-n3cnc4ccc(F)cc43)nc2n1C1CC[C@H](O)c2ccccc21. The van der Waals surface area contributed by atoms with Gasteiger partial charge in [-0.05, 0) is 36.1 Å². The van der Waals surface area contributed by atoms with E-state index >= 15 is 0 Å². The average Bonchev–Trinajstić information content (AvgIpc) is 3.34. The Bertz CT molecular complexity index is 1520. The molecule has 2 atom stereocenters. The summed E-state index contributed by atoms with van der Waals surface area (Å²) >= 11 is 0. The van der Waals surface area contributed by atoms with Gasteiger partial charge in [-0.2, -0.15) is 4.98 Å². The number of nitrogens with one attached hydrogen (secondary N) is 1. The summed E-state index contributed by atoms with van der Waals surface area (Å²) in [6, 6.07) is 11.7. The van der Waals surface area contributed by atoms with Crippen LogP contribution in [-0.4, -0.2) is 34.2 Å². The van der Waals surface area contributed by atoms with Crippen molar-refractivity contribution in [2.24, 2.45) is 0 Å². The van der Waals surface area contributed by atoms with E-state index in [-0.39, 0.29) is 23.5 Å². The molecule has 0 aliphatic heterocycles. The van der Waals surface area contributed by atoms with Gasteiger partial charge in [0.15, 0.2) is 5.65 Å². The van der Waals surface area contributed by atoms with E-state index in [1.54, 1.807) is 21.4 Å². The van der Waals surface area contributed by atoms with Crippen molar-refractivity contribution >= 4 is 22.2 Å². The van der Waals surface area contributed by atoms with Crippen LogP contribution in [0.2, 0.25) is 0 Å². The summed E-state index contributed by atoms with van der Waals surface area (Å²) in [5.74, 6) is -0.0938. The van der Waals surface area contributed by atoms with Gasteiger partial charge in [0, 0.05) is 6.07 Å². The van der Waals surface area contributed by atoms with Crippen molar-refractivity contribution in [1.29, 1.82) is 0 Å². The van der Waals surface area contributed by atoms with Gasteiger partial charge in [-0.15, -0.1) is 0 Å². The minimum absolute atomic E-state index is 0.263. The number of rotatable bonds is 2. The number of hydrogen-bond acceptors (Lipinski definition) is 5. The third kappa shape index (κ3) is 2.70. The first-order valence-electron chi connectivity index (χ1n) is 9.97. The Morgan fingerprint density at radius 3 is 2.81 bits per heavy atom. The molecule has 2 N–H and O–H groups in total. The number of fused-ring (bicyclic) bond motifs is 3. The number of imidazole rings is 2. The van der Waals surface area contributed by atoms with Crippen LogP contribution in [0.25, 0.3) is 28.1 Å². The van der Waals surface area contributed by atoms with Crippen molar-refractivity contribution < 1.29 is 9.50 Å². The van der Waals surface area contributed by atoms with E-state index in [0.29, 0.717) is 35.0 Å². The minimum Gasteiger partial charge on any atom is -0.388 e. The van der Waals surface area contributed by atoms with E-state index in [0.717, 1.165) is 11.1 Å². The Hall–Kier alpha value is -3.85. The van der Waals surface area contributed by atoms with Gasteiger partial charge in [0.25, 0.3) is 0 Å². The predicted molar refractivity (Wildman–Crippen MR) is 112 cm³/mol. The molecule has 9 heteroatoms. The third-order valence-corrected chi connectivity index (χ3v) is 5.91. The molecule has 3 aromatic heterocycles. The van der Waals surface area contributed by atoms with Crippen LogP contribution in [-0.2, 0) is 0 Å². The Labute approximate surface area is 174 Å². The van der Waals surface area contributed by atoms with E-state index in [1.807, 2.05) is 24.3 Å². The van der Waals surface area contributed by atoms with Gasteiger partial charge in [-0.25, -0.2) is 19.2 Å². The average molecular weight is 416 g/mol. The molecule has 6 rings (SSSR count). The molecular formula is C22H17FN6O2. The van der Waals surface area contributed by atoms with E-state index in [2.05, 4.69) is 19.9 Å². The zero-order chi connectivity index (χ0) is 21.1. The third-order valence-electron chi connectivity index (χ3n) is 5.91. The van der Waals surface area contributed by atoms with Crippen molar-refractivity contribution in [2.75, 3.05) is 0 Å². The molecule has 0 amide bonds. The monoisotopic (exact) mass is 416 g/mol. The van der Waals surface area contributed by atoms with E-state index in [4.69, 9.17) is 0 Å². The molecule has 1 aliphatic carbocycles. The first-order valence-corrected chi connectivity index (χ1v) is 9.97. The second kappa shape index (κ2) is 6.58. The number of halogens is 1. The van der Waals surface area contributed by atoms with Gasteiger partial charge in [0.05, 0.1) is 29.4 Å². The molecule has 154 valence electrons. The summed E-state index contributed by atoms with van der Waals surface area (Å²) in [5.41, 5.74) is 3.54. The zero-order valence-corrected chi connectivity index (χ0v) is 16.2. The molecule has 0 bridgehead atoms. The number of aliphatic hydroxyl groups excluding tert-OH is 1. The smallest absolute Gasteiger partial charge is 0.328 e. The highest BCUT2D eigenvalue weighted by Gasteiger charge is 2.29. The lowest BCUT2D eigenvalue weighted by Crippen LogP contribution is -2.27. The summed E-state index contributed by atoms with van der Waals surface area (Å²) in [5, 5.41) is 10.4. The summed E-state index contributed by atoms with van der Waals surface area (Å²) in [4.78, 5) is 29.0. The minimum atomic E-state index is -0.550. The number of H-pyrrole nitrogens is 1. The summed E-state index contributed by atoms with van der Waals surface area (Å²) in [6.45, 7) is 0. The topological polar surface area (TPSA) is 102 Å². The molecule has 0 spiro atoms. The lowest BCUT2D eigenvalue weighted by Gasteiger charge is -2.29. The van der Waals surface area contributed by atoms with Crippen LogP contribution in [0.4, 0.5) is 4.39 Å². The molecule has 8 nitrogen and oxygen atoms in total. The van der Waals surface area contributed by atoms with Gasteiger partial charge < -0.3 is 10.1 Å². The summed E-state index contributed by atoms with van der Waals surface area (Å²) in [6.07, 6.45) is 3.68. The first-order chi connectivity index (χ1) is 15.1. The molecule has 31 heavy (non-hydrogen) atoms. The van der Waals surface area contributed by atoms with Crippen molar-refractivity contribution in [1.82, 2.24) is 29.1 Å². The largest absolute Gasteiger partial charge is 0.388 e. The van der Waals surface area contributed by atoms with Crippen molar-refractivity contribution in [3.05, 3.63) is 82.4 Å². The van der Waals surface area contributed by atoms with E-state index < -0.39 is 6.10 Å². The summed E-state index contributed by atoms with van der Waals surface area (Å²) < 4.78 is 17.0. The lowest BCUT2D eigenvalue weighted by atomic mass is 9.85. The fourth-order valence-electron chi connectivity index (χ4n) is 4.47. The Kier molecular flexibility index (Phi) is 3.81. The van der Waals surface area contributed by atoms with Crippen LogP contribution >= 0.6 is 0 Å². The Morgan fingerprint density at radius 1 is 1.10 bits per heavy atom. The second-order valence-corrected chi connectivity index (χ2v) is 7.69. The highest BCUT2D eigenvalue weighted by atomic mass is 19.1. The highest BCUT2D eigenvalue weighted by Crippen LogP contribution is 2.38. The zero-order valence-electron chi connectivity index (χ0n) is 16.2. The molecule has 2 aromatic carbocycles. The van der Waals surface area contributed by atoms with Crippen LogP contribution in [0.3, 0.4) is 0 Å². The molecule has 0 fully saturated rings. The molecule has 5 aromatic rings. The fourth-order valence-corrected chi connectivity index (χ4v) is 4.47. The highest BCUT2D eigenvalue weighted by molar-refractivity contribution is 5.77. The van der Waals surface area contributed by atoms with Crippen LogP contribution in [0, 0.1) is 5.82 Å². The van der Waals surface area contributed by atoms with Crippen LogP contribution in [0.1, 0.15) is 36.1 Å². The number of nitrogens with zero attached hydrogens (tertiary/aromatic N) is 5. The van der Waals surface area contributed by atoms with Gasteiger partial charge in [0.1, 0.15) is 17.7 Å². The summed E-state index contributed by atoms with van der Waals surface area (Å²) in [7, 11) is 0. The molecule has 3 heterocycles. The lowest BCUT2D eigenvalue weighted by molar-refractivity contribution is 0.147. The molecule has 0 radical (unpaired) electrons. The van der Waals surface area contributed by atoms with Crippen LogP contribution in [0.5, 0.6) is 0 Å². The van der Waals surface area contributed by atoms with Crippen molar-refractivity contribution in [3.8, 4) is 5.95 Å². The van der Waals surface area contributed by atoms with Crippen LogP contribution < -0.4 is 5.69 Å². The normalized spacial score (nSPS) is 18.5. The Balaban J connectivity index is 1.56. The standard InChI is InChI=1S/C22H17FN6O2/c23-12-5-6-15-18(9-12)28(11-25-15)21-24-10-16-20(27-21)29(22(31)26-16)17-7-8-19(30)14-4-2-1-3-13(14)17/h1-6,9-11,17,19,30H,7-8H2,(H,26,31)/t17?,19-/m0/s1. The molecule has 1 aliphatic rings. The van der Waals surface area contributed by atoms with Crippen molar-refractivity contribution in [2.45, 2.75) is 25.0 Å². The van der Waals surface area contributed by atoms with Gasteiger partial charge in [-0.1, -0.05) is 24.3 Å². The predicted octanol–water partition coefficient (Wildman–Crippen LogP) is 3.01. The number of benzene rings is 2. The molecule has 0 saturated heterocycles. The number of aromatic nitrogens is 6. The quantitative estimate of drug-likeness (QED) is 0.461. The number of aliphatic hydroxyl groups is 1. The number of hydrogen-bond donors (Lipinski definition) is 2. The maximum absolute atomic E-state index is 13.8. The van der Waals surface area contributed by atoms with Gasteiger partial charge in [0.2, 0.25) is 5.95 Å². The molecule has 1 unspecified atom stereocenters. The van der Waals surface area contributed by atoms with Gasteiger partial charge >= 0.3 is 5.69 Å². The molecular weight excluding hydrogens is 399 g/mol. The maximum atomic E-state index is 13.8. The van der Waals surface area contributed by atoms with Gasteiger partial charge in [-0.3, -0.25) is 9.13 Å². The van der Waals surface area contributed by atoms with Crippen molar-refractivity contribution in [3.63, 3.8) is 0 Å².